The maximum Gasteiger partial charge on any atom is 0.470 e. The molecule has 72 heavy (non-hydrogen) atoms. The van der Waals surface area contributed by atoms with Crippen LogP contribution < -0.4 is 0 Å². The molecule has 0 spiro atoms. The lowest BCUT2D eigenvalue weighted by Crippen LogP contribution is -2.20. The summed E-state index contributed by atoms with van der Waals surface area (Å²) >= 11 is 5.80. The van der Waals surface area contributed by atoms with E-state index >= 15 is 0 Å². The van der Waals surface area contributed by atoms with E-state index in [2.05, 4.69) is 45.3 Å². The molecule has 0 radical (unpaired) electrons. The number of rotatable bonds is 11. The molecule has 0 unspecified atom stereocenters. The zero-order valence-electron chi connectivity index (χ0n) is 37.8. The summed E-state index contributed by atoms with van der Waals surface area (Å²) in [6.07, 6.45) is 1.96. The van der Waals surface area contributed by atoms with Crippen molar-refractivity contribution in [3.63, 3.8) is 0 Å². The molecule has 15 nitrogen and oxygen atoms in total. The standard InChI is InChI=1S/C28H24F3N5O3.C22H13ClF3N5O2/c1-16-25(23(38)13-17-4-9-21(37)10-5-17)26-22(36(16)20-7-2-18(14-32)3-8-20)12-19(15-33-26)6-11-24-34-35-27(39-24)28(29,30)31;1-12-19(17(32)9-23)20-16(31(12)15-5-2-13(10-27)3-6-15)8-14(11-28-20)4-7-18-29-30-21(33-18)22(24,25)26/h2-3,6-8,11-12,15,17,21,37H,4-5,9-10,13H2,1H3;2-8,11H,9H2,1H3/b11-6+;7-4+. The normalized spacial score (nSPS) is 15.2. The number of aliphatic hydroxyl groups is 1. The largest absolute Gasteiger partial charge is 0.470 e. The van der Waals surface area contributed by atoms with Gasteiger partial charge in [0, 0.05) is 53.7 Å². The van der Waals surface area contributed by atoms with Gasteiger partial charge < -0.3 is 23.1 Å². The summed E-state index contributed by atoms with van der Waals surface area (Å²) in [6.45, 7) is 3.59. The van der Waals surface area contributed by atoms with Gasteiger partial charge in [-0.3, -0.25) is 19.6 Å². The van der Waals surface area contributed by atoms with Crippen molar-refractivity contribution in [3.05, 3.63) is 141 Å². The van der Waals surface area contributed by atoms with Crippen molar-refractivity contribution in [2.24, 2.45) is 5.92 Å². The van der Waals surface area contributed by atoms with Crippen molar-refractivity contribution in [1.82, 2.24) is 39.5 Å². The molecule has 2 aromatic carbocycles. The zero-order chi connectivity index (χ0) is 51.5. The average Bonchev–Trinajstić information content (AvgIpc) is 4.17. The smallest absolute Gasteiger partial charge is 0.413 e. The first-order chi connectivity index (χ1) is 34.4. The summed E-state index contributed by atoms with van der Waals surface area (Å²) in [5, 5.41) is 40.8. The molecule has 22 heteroatoms. The highest BCUT2D eigenvalue weighted by Gasteiger charge is 2.39. The Kier molecular flexibility index (Phi) is 14.3. The molecule has 1 saturated carbocycles. The van der Waals surface area contributed by atoms with Gasteiger partial charge in [0.05, 0.1) is 68.4 Å². The fraction of sp³-hybridized carbons (Fsp3) is 0.240. The van der Waals surface area contributed by atoms with Gasteiger partial charge in [-0.05, 0) is 129 Å². The third-order valence-electron chi connectivity index (χ3n) is 11.8. The molecule has 0 amide bonds. The molecule has 6 heterocycles. The van der Waals surface area contributed by atoms with E-state index < -0.39 is 24.1 Å². The van der Waals surface area contributed by atoms with Gasteiger partial charge in [0.25, 0.3) is 0 Å². The molecule has 0 aliphatic heterocycles. The van der Waals surface area contributed by atoms with Gasteiger partial charge in [0.1, 0.15) is 0 Å². The van der Waals surface area contributed by atoms with Gasteiger partial charge in [-0.2, -0.15) is 36.9 Å². The van der Waals surface area contributed by atoms with Crippen LogP contribution >= 0.6 is 11.6 Å². The highest BCUT2D eigenvalue weighted by molar-refractivity contribution is 6.32. The predicted molar refractivity (Wildman–Crippen MR) is 249 cm³/mol. The lowest BCUT2D eigenvalue weighted by molar-refractivity contribution is -0.157. The molecule has 6 aromatic heterocycles. The number of halogens is 7. The number of pyridine rings is 2. The molecule has 0 bridgehead atoms. The maximum absolute atomic E-state index is 13.6. The monoisotopic (exact) mass is 1010 g/mol. The van der Waals surface area contributed by atoms with Gasteiger partial charge in [-0.15, -0.1) is 32.0 Å². The fourth-order valence-corrected chi connectivity index (χ4v) is 8.56. The number of aliphatic hydroxyl groups excluding tert-OH is 1. The second kappa shape index (κ2) is 20.6. The van der Waals surface area contributed by atoms with Crippen molar-refractivity contribution in [1.29, 1.82) is 10.5 Å². The number of hydrogen-bond acceptors (Lipinski definition) is 13. The molecular formula is C50H37ClF6N10O5. The number of nitriles is 2. The molecule has 8 aromatic rings. The van der Waals surface area contributed by atoms with Crippen LogP contribution in [0, 0.1) is 42.4 Å². The Morgan fingerprint density at radius 3 is 1.47 bits per heavy atom. The molecule has 9 rings (SSSR count). The van der Waals surface area contributed by atoms with Crippen LogP contribution in [0.4, 0.5) is 26.3 Å². The number of aromatic nitrogens is 8. The quantitative estimate of drug-likeness (QED) is 0.0726. The molecule has 1 aliphatic carbocycles. The molecule has 366 valence electrons. The zero-order valence-corrected chi connectivity index (χ0v) is 38.6. The Morgan fingerprint density at radius 2 is 1.10 bits per heavy atom. The van der Waals surface area contributed by atoms with E-state index in [0.29, 0.717) is 91.8 Å². The van der Waals surface area contributed by atoms with Crippen molar-refractivity contribution < 1.29 is 49.9 Å². The van der Waals surface area contributed by atoms with E-state index in [4.69, 9.17) is 16.9 Å². The van der Waals surface area contributed by atoms with Crippen molar-refractivity contribution >= 4 is 69.5 Å². The van der Waals surface area contributed by atoms with Crippen LogP contribution in [0.5, 0.6) is 0 Å². The van der Waals surface area contributed by atoms with Crippen LogP contribution in [0.1, 0.15) is 110 Å². The average molecular weight is 1010 g/mol. The predicted octanol–water partition coefficient (Wildman–Crippen LogP) is 11.1. The summed E-state index contributed by atoms with van der Waals surface area (Å²) in [4.78, 5) is 35.0. The molecule has 0 atom stereocenters. The van der Waals surface area contributed by atoms with E-state index in [9.17, 15) is 46.3 Å². The number of alkyl halides is 7. The highest BCUT2D eigenvalue weighted by Crippen LogP contribution is 2.35. The second-order valence-electron chi connectivity index (χ2n) is 16.6. The number of ketones is 2. The SMILES string of the molecule is Cc1c(C(=O)CC2CCC(O)CC2)c2ncc(/C=C/c3nnc(C(F)(F)F)o3)cc2n1-c1ccc(C#N)cc1.Cc1c(C(=O)CCl)c2ncc(/C=C/c3nnc(C(F)(F)F)o3)cc2n1-c1ccc(C#N)cc1. The molecular weight excluding hydrogens is 970 g/mol. The first kappa shape index (κ1) is 50.1. The summed E-state index contributed by atoms with van der Waals surface area (Å²) in [5.41, 5.74) is 7.76. The Bertz CT molecular complexity index is 3480. The van der Waals surface area contributed by atoms with E-state index in [1.807, 2.05) is 17.6 Å². The van der Waals surface area contributed by atoms with Crippen LogP contribution in [-0.4, -0.2) is 68.2 Å². The number of Topliss-reactive ketones (excluding diaryl/α,β-unsaturated/α-hetero) is 2. The lowest BCUT2D eigenvalue weighted by Gasteiger charge is -2.24. The van der Waals surface area contributed by atoms with Crippen LogP contribution in [-0.2, 0) is 12.4 Å². The number of fused-ring (bicyclic) bond motifs is 2. The Balaban J connectivity index is 0.000000195. The summed E-state index contributed by atoms with van der Waals surface area (Å²) < 4.78 is 89.2. The van der Waals surface area contributed by atoms with Gasteiger partial charge in [-0.25, -0.2) is 0 Å². The summed E-state index contributed by atoms with van der Waals surface area (Å²) in [6, 6.07) is 21.3. The third-order valence-corrected chi connectivity index (χ3v) is 12.1. The number of carbonyl (C=O) groups excluding carboxylic acids is 2. The second-order valence-corrected chi connectivity index (χ2v) is 16.9. The Labute approximate surface area is 409 Å². The van der Waals surface area contributed by atoms with E-state index in [1.54, 1.807) is 72.2 Å². The molecule has 1 aliphatic rings. The van der Waals surface area contributed by atoms with E-state index in [1.165, 1.54) is 36.7 Å². The number of nitrogens with zero attached hydrogens (tertiary/aromatic N) is 10. The minimum absolute atomic E-state index is 0.0346. The van der Waals surface area contributed by atoms with Gasteiger partial charge in [0.2, 0.25) is 11.8 Å². The molecule has 0 saturated heterocycles. The van der Waals surface area contributed by atoms with Crippen molar-refractivity contribution in [3.8, 4) is 23.5 Å². The van der Waals surface area contributed by atoms with Crippen molar-refractivity contribution in [2.75, 3.05) is 5.88 Å². The fourth-order valence-electron chi connectivity index (χ4n) is 8.42. The Hall–Kier alpha value is -8.27. The third kappa shape index (κ3) is 10.7. The topological polar surface area (TPSA) is 215 Å². The molecule has 1 fully saturated rings. The van der Waals surface area contributed by atoms with E-state index in [0.717, 1.165) is 18.5 Å². The van der Waals surface area contributed by atoms with E-state index in [-0.39, 0.29) is 41.2 Å². The number of hydrogen-bond donors (Lipinski definition) is 1. The number of benzene rings is 2. The van der Waals surface area contributed by atoms with Crippen LogP contribution in [0.15, 0.2) is 81.9 Å². The number of carbonyl (C=O) groups is 2. The molecule has 1 N–H and O–H groups in total. The van der Waals surface area contributed by atoms with Crippen LogP contribution in [0.25, 0.3) is 57.7 Å². The van der Waals surface area contributed by atoms with Crippen molar-refractivity contribution in [2.45, 2.75) is 64.4 Å². The first-order valence-corrected chi connectivity index (χ1v) is 22.4. The lowest BCUT2D eigenvalue weighted by atomic mass is 9.83. The summed E-state index contributed by atoms with van der Waals surface area (Å²) in [5.74, 6) is -3.88. The Morgan fingerprint density at radius 1 is 0.681 bits per heavy atom. The van der Waals surface area contributed by atoms with Crippen LogP contribution in [0.2, 0.25) is 0 Å². The van der Waals surface area contributed by atoms with Crippen LogP contribution in [0.3, 0.4) is 0 Å². The highest BCUT2D eigenvalue weighted by atomic mass is 35.5. The minimum atomic E-state index is -4.74. The van der Waals surface area contributed by atoms with Gasteiger partial charge in [-0.1, -0.05) is 0 Å². The first-order valence-electron chi connectivity index (χ1n) is 21.9. The minimum Gasteiger partial charge on any atom is -0.413 e. The van der Waals surface area contributed by atoms with Gasteiger partial charge in [0.15, 0.2) is 11.6 Å². The maximum atomic E-state index is 13.6. The van der Waals surface area contributed by atoms with Gasteiger partial charge >= 0.3 is 24.1 Å². The summed E-state index contributed by atoms with van der Waals surface area (Å²) in [7, 11) is 0.